The lowest BCUT2D eigenvalue weighted by molar-refractivity contribution is 0.488. The predicted molar refractivity (Wildman–Crippen MR) is 160 cm³/mol. The number of hydrogen-bond acceptors (Lipinski definition) is 1. The van der Waals surface area contributed by atoms with E-state index in [2.05, 4.69) is 149 Å². The van der Waals surface area contributed by atoms with Crippen molar-refractivity contribution in [1.82, 2.24) is 0 Å². The standard InChI is InChI=1S/C36H35N/c1-6-35(2,3)37(33-20-12-19-32-34(33)30-16-9-10-18-31(30)36(32,4)5)27-23-21-26(22-24-27)29-17-11-14-25-13-7-8-15-28(25)29/h7-24H,6H2,1-5H3. The fourth-order valence-electron chi connectivity index (χ4n) is 6.16. The van der Waals surface area contributed by atoms with Crippen LogP contribution < -0.4 is 4.90 Å². The Morgan fingerprint density at radius 1 is 0.649 bits per heavy atom. The Morgan fingerprint density at radius 2 is 1.27 bits per heavy atom. The molecule has 0 fully saturated rings. The van der Waals surface area contributed by atoms with Gasteiger partial charge in [0.05, 0.1) is 0 Å². The summed E-state index contributed by atoms with van der Waals surface area (Å²) in [4.78, 5) is 2.57. The Morgan fingerprint density at radius 3 is 2.05 bits per heavy atom. The lowest BCUT2D eigenvalue weighted by atomic mass is 9.82. The normalized spacial score (nSPS) is 13.9. The van der Waals surface area contributed by atoms with Gasteiger partial charge in [-0.2, -0.15) is 0 Å². The van der Waals surface area contributed by atoms with Crippen LogP contribution in [0.3, 0.4) is 0 Å². The summed E-state index contributed by atoms with van der Waals surface area (Å²) in [6.07, 6.45) is 1.03. The summed E-state index contributed by atoms with van der Waals surface area (Å²) < 4.78 is 0. The lowest BCUT2D eigenvalue weighted by Crippen LogP contribution is -2.40. The van der Waals surface area contributed by atoms with Crippen LogP contribution in [-0.2, 0) is 5.41 Å². The van der Waals surface area contributed by atoms with Gasteiger partial charge < -0.3 is 4.90 Å². The second-order valence-electron chi connectivity index (χ2n) is 11.4. The molecule has 1 heteroatoms. The van der Waals surface area contributed by atoms with E-state index < -0.39 is 0 Å². The highest BCUT2D eigenvalue weighted by atomic mass is 15.2. The molecule has 0 N–H and O–H groups in total. The van der Waals surface area contributed by atoms with Gasteiger partial charge in [-0.1, -0.05) is 112 Å². The van der Waals surface area contributed by atoms with Crippen molar-refractivity contribution >= 4 is 22.1 Å². The Hall–Kier alpha value is -3.84. The van der Waals surface area contributed by atoms with Crippen LogP contribution in [-0.4, -0.2) is 5.54 Å². The Kier molecular flexibility index (Phi) is 5.49. The molecule has 0 heterocycles. The number of fused-ring (bicyclic) bond motifs is 4. The van der Waals surface area contributed by atoms with Crippen LogP contribution in [0.2, 0.25) is 0 Å². The Bertz CT molecular complexity index is 1600. The molecule has 0 saturated heterocycles. The number of anilines is 2. The van der Waals surface area contributed by atoms with Crippen LogP contribution in [0.5, 0.6) is 0 Å². The van der Waals surface area contributed by atoms with Crippen LogP contribution in [0.1, 0.15) is 52.2 Å². The largest absolute Gasteiger partial charge is 0.335 e. The van der Waals surface area contributed by atoms with Gasteiger partial charge in [-0.25, -0.2) is 0 Å². The number of rotatable bonds is 5. The van der Waals surface area contributed by atoms with E-state index in [0.29, 0.717) is 0 Å². The van der Waals surface area contributed by atoms with Crippen molar-refractivity contribution < 1.29 is 0 Å². The zero-order chi connectivity index (χ0) is 25.8. The molecule has 1 aliphatic carbocycles. The molecule has 0 spiro atoms. The fourth-order valence-corrected chi connectivity index (χ4v) is 6.16. The molecule has 1 aliphatic rings. The van der Waals surface area contributed by atoms with Crippen molar-refractivity contribution in [2.24, 2.45) is 0 Å². The molecule has 0 saturated carbocycles. The highest BCUT2D eigenvalue weighted by Gasteiger charge is 2.39. The molecule has 37 heavy (non-hydrogen) atoms. The first-order valence-corrected chi connectivity index (χ1v) is 13.4. The summed E-state index contributed by atoms with van der Waals surface area (Å²) in [6, 6.07) is 40.2. The quantitative estimate of drug-likeness (QED) is 0.241. The zero-order valence-corrected chi connectivity index (χ0v) is 22.5. The average Bonchev–Trinajstić information content (AvgIpc) is 3.16. The van der Waals surface area contributed by atoms with Crippen molar-refractivity contribution in [2.75, 3.05) is 4.90 Å². The summed E-state index contributed by atoms with van der Waals surface area (Å²) >= 11 is 0. The summed E-state index contributed by atoms with van der Waals surface area (Å²) in [5.74, 6) is 0. The first-order valence-electron chi connectivity index (χ1n) is 13.4. The Balaban J connectivity index is 1.51. The highest BCUT2D eigenvalue weighted by molar-refractivity contribution is 5.97. The average molecular weight is 482 g/mol. The topological polar surface area (TPSA) is 3.24 Å². The van der Waals surface area contributed by atoms with Gasteiger partial charge in [0.15, 0.2) is 0 Å². The third-order valence-corrected chi connectivity index (χ3v) is 8.52. The maximum absolute atomic E-state index is 2.57. The number of nitrogens with zero attached hydrogens (tertiary/aromatic N) is 1. The van der Waals surface area contributed by atoms with E-state index in [1.54, 1.807) is 0 Å². The van der Waals surface area contributed by atoms with Gasteiger partial charge in [0, 0.05) is 27.9 Å². The van der Waals surface area contributed by atoms with E-state index >= 15 is 0 Å². The first kappa shape index (κ1) is 23.6. The smallest absolute Gasteiger partial charge is 0.0498 e. The summed E-state index contributed by atoms with van der Waals surface area (Å²) in [5.41, 5.74) is 10.5. The molecule has 0 amide bonds. The molecule has 1 nitrogen and oxygen atoms in total. The van der Waals surface area contributed by atoms with Gasteiger partial charge in [0.2, 0.25) is 0 Å². The summed E-state index contributed by atoms with van der Waals surface area (Å²) in [6.45, 7) is 11.7. The molecule has 5 aromatic rings. The van der Waals surface area contributed by atoms with Crippen molar-refractivity contribution in [2.45, 2.75) is 52.0 Å². The molecule has 6 rings (SSSR count). The third kappa shape index (κ3) is 3.68. The van der Waals surface area contributed by atoms with Crippen LogP contribution in [0, 0.1) is 0 Å². The van der Waals surface area contributed by atoms with Gasteiger partial charge in [-0.15, -0.1) is 0 Å². The molecule has 0 radical (unpaired) electrons. The molecular formula is C36H35N. The van der Waals surface area contributed by atoms with E-state index in [1.165, 1.54) is 55.5 Å². The molecule has 5 aromatic carbocycles. The summed E-state index contributed by atoms with van der Waals surface area (Å²) in [5, 5.41) is 2.57. The molecule has 0 unspecified atom stereocenters. The van der Waals surface area contributed by atoms with E-state index in [4.69, 9.17) is 0 Å². The third-order valence-electron chi connectivity index (χ3n) is 8.52. The fraction of sp³-hybridized carbons (Fsp3) is 0.222. The minimum absolute atomic E-state index is 0.0117. The molecular weight excluding hydrogens is 446 g/mol. The monoisotopic (exact) mass is 481 g/mol. The van der Waals surface area contributed by atoms with Crippen molar-refractivity contribution in [3.8, 4) is 22.3 Å². The van der Waals surface area contributed by atoms with Crippen LogP contribution >= 0.6 is 0 Å². The van der Waals surface area contributed by atoms with Crippen LogP contribution in [0.25, 0.3) is 33.0 Å². The van der Waals surface area contributed by atoms with Gasteiger partial charge in [-0.05, 0) is 77.1 Å². The first-order chi connectivity index (χ1) is 17.8. The van der Waals surface area contributed by atoms with Crippen LogP contribution in [0.4, 0.5) is 11.4 Å². The second kappa shape index (κ2) is 8.63. The van der Waals surface area contributed by atoms with Crippen molar-refractivity contribution in [3.63, 3.8) is 0 Å². The minimum Gasteiger partial charge on any atom is -0.335 e. The summed E-state index contributed by atoms with van der Waals surface area (Å²) in [7, 11) is 0. The van der Waals surface area contributed by atoms with Crippen LogP contribution in [0.15, 0.2) is 109 Å². The van der Waals surface area contributed by atoms with Gasteiger partial charge >= 0.3 is 0 Å². The minimum atomic E-state index is -0.0578. The van der Waals surface area contributed by atoms with Gasteiger partial charge in [-0.3, -0.25) is 0 Å². The second-order valence-corrected chi connectivity index (χ2v) is 11.4. The predicted octanol–water partition coefficient (Wildman–Crippen LogP) is 10.1. The number of benzene rings is 5. The molecule has 0 aromatic heterocycles. The van der Waals surface area contributed by atoms with Crippen molar-refractivity contribution in [3.05, 3.63) is 120 Å². The van der Waals surface area contributed by atoms with E-state index in [9.17, 15) is 0 Å². The number of hydrogen-bond donors (Lipinski definition) is 0. The maximum Gasteiger partial charge on any atom is 0.0498 e. The van der Waals surface area contributed by atoms with E-state index in [1.807, 2.05) is 0 Å². The Labute approximate surface area is 221 Å². The zero-order valence-electron chi connectivity index (χ0n) is 22.5. The molecule has 0 bridgehead atoms. The SMILES string of the molecule is CCC(C)(C)N(c1ccc(-c2cccc3ccccc23)cc1)c1cccc2c1-c1ccccc1C2(C)C. The van der Waals surface area contributed by atoms with Gasteiger partial charge in [0.25, 0.3) is 0 Å². The lowest BCUT2D eigenvalue weighted by Gasteiger charge is -2.41. The van der Waals surface area contributed by atoms with Crippen molar-refractivity contribution in [1.29, 1.82) is 0 Å². The molecule has 0 aliphatic heterocycles. The highest BCUT2D eigenvalue weighted by Crippen LogP contribution is 2.54. The van der Waals surface area contributed by atoms with E-state index in [0.717, 1.165) is 6.42 Å². The molecule has 184 valence electrons. The molecule has 0 atom stereocenters. The van der Waals surface area contributed by atoms with E-state index in [-0.39, 0.29) is 11.0 Å². The van der Waals surface area contributed by atoms with Gasteiger partial charge in [0.1, 0.15) is 0 Å². The maximum atomic E-state index is 2.57.